The lowest BCUT2D eigenvalue weighted by molar-refractivity contribution is -0.0964. The number of amides is 1. The third kappa shape index (κ3) is 5.52. The predicted molar refractivity (Wildman–Crippen MR) is 123 cm³/mol. The number of carbonyl (C=O) groups excluding carboxylic acids is 1. The maximum Gasteiger partial charge on any atom is 0.487 e. The molecule has 4 aromatic rings. The molecule has 0 aliphatic carbocycles. The molecule has 4 rings (SSSR count). The molecule has 2 heterocycles. The Balaban J connectivity index is 1.63. The molecule has 34 heavy (non-hydrogen) atoms. The molecule has 2 aromatic carbocycles. The molecular weight excluding hydrogens is 462 g/mol. The van der Waals surface area contributed by atoms with Gasteiger partial charge in [0, 0.05) is 52.6 Å². The largest absolute Gasteiger partial charge is 0.487 e. The minimum atomic E-state index is -3.82. The number of alkyl halides is 3. The topological polar surface area (TPSA) is 87.9 Å². The van der Waals surface area contributed by atoms with Gasteiger partial charge in [0.1, 0.15) is 5.75 Å². The molecule has 2 aromatic heterocycles. The number of hydrogen-bond donors (Lipinski definition) is 1. The van der Waals surface area contributed by atoms with E-state index in [9.17, 15) is 13.6 Å². The molecule has 0 saturated carbocycles. The van der Waals surface area contributed by atoms with Crippen LogP contribution in [0, 0.1) is 11.3 Å². The molecule has 0 bridgehead atoms. The maximum absolute atomic E-state index is 12.9. The van der Waals surface area contributed by atoms with Crippen molar-refractivity contribution in [2.24, 2.45) is 0 Å². The number of pyridine rings is 2. The molecule has 1 amide bonds. The average Bonchev–Trinajstić information content (AvgIpc) is 2.84. The summed E-state index contributed by atoms with van der Waals surface area (Å²) >= 11 is 4.76. The van der Waals surface area contributed by atoms with Crippen LogP contribution in [-0.4, -0.2) is 21.4 Å². The van der Waals surface area contributed by atoms with Gasteiger partial charge in [-0.2, -0.15) is 5.26 Å². The zero-order valence-electron chi connectivity index (χ0n) is 17.4. The fourth-order valence-electron chi connectivity index (χ4n) is 3.21. The van der Waals surface area contributed by atoms with Crippen molar-refractivity contribution >= 4 is 23.2 Å². The van der Waals surface area contributed by atoms with Crippen molar-refractivity contribution < 1.29 is 18.3 Å². The van der Waals surface area contributed by atoms with Gasteiger partial charge in [0.15, 0.2) is 0 Å². The van der Waals surface area contributed by atoms with Gasteiger partial charge in [0.2, 0.25) is 0 Å². The number of ether oxygens (including phenoxy) is 1. The standard InChI is InChI=1S/C25H15ClF2N4O2/c26-25(27,28)34-21-9-7-20(8-10-21)32-24(33)19-12-22(18-2-1-11-30-14-18)23(31-15-19)17-5-3-16(13-29)4-6-17/h1-12,14-15H,(H,32,33). The maximum atomic E-state index is 12.9. The van der Waals surface area contributed by atoms with E-state index in [2.05, 4.69) is 26.1 Å². The van der Waals surface area contributed by atoms with Gasteiger partial charge in [-0.1, -0.05) is 18.2 Å². The van der Waals surface area contributed by atoms with Crippen LogP contribution in [0.25, 0.3) is 22.4 Å². The number of rotatable bonds is 6. The van der Waals surface area contributed by atoms with Crippen molar-refractivity contribution in [1.29, 1.82) is 5.26 Å². The van der Waals surface area contributed by atoms with E-state index in [1.807, 2.05) is 6.07 Å². The number of hydrogen-bond acceptors (Lipinski definition) is 5. The highest BCUT2D eigenvalue weighted by molar-refractivity contribution is 6.20. The van der Waals surface area contributed by atoms with E-state index in [1.54, 1.807) is 48.8 Å². The van der Waals surface area contributed by atoms with Gasteiger partial charge in [-0.05, 0) is 48.5 Å². The molecule has 168 valence electrons. The van der Waals surface area contributed by atoms with Crippen LogP contribution >= 0.6 is 11.6 Å². The molecule has 0 aliphatic heterocycles. The quantitative estimate of drug-likeness (QED) is 0.339. The van der Waals surface area contributed by atoms with Gasteiger partial charge >= 0.3 is 5.57 Å². The lowest BCUT2D eigenvalue weighted by Gasteiger charge is -2.13. The number of benzene rings is 2. The number of nitriles is 1. The van der Waals surface area contributed by atoms with Crippen LogP contribution in [0.5, 0.6) is 5.75 Å². The first kappa shape index (κ1) is 22.8. The molecule has 6 nitrogen and oxygen atoms in total. The predicted octanol–water partition coefficient (Wildman–Crippen LogP) is 6.10. The summed E-state index contributed by atoms with van der Waals surface area (Å²) in [5, 5.41) is 11.7. The van der Waals surface area contributed by atoms with Gasteiger partial charge < -0.3 is 10.1 Å². The molecule has 0 aliphatic rings. The van der Waals surface area contributed by atoms with Gasteiger partial charge in [-0.15, -0.1) is 8.78 Å². The summed E-state index contributed by atoms with van der Waals surface area (Å²) in [5.74, 6) is -0.592. The molecular formula is C25H15ClF2N4O2. The third-order valence-corrected chi connectivity index (χ3v) is 4.83. The Morgan fingerprint density at radius 1 is 1.03 bits per heavy atom. The second-order valence-corrected chi connectivity index (χ2v) is 7.52. The van der Waals surface area contributed by atoms with Crippen LogP contribution in [0.4, 0.5) is 14.5 Å². The van der Waals surface area contributed by atoms with Gasteiger partial charge in [-0.3, -0.25) is 14.8 Å². The minimum absolute atomic E-state index is 0.148. The Morgan fingerprint density at radius 3 is 2.38 bits per heavy atom. The van der Waals surface area contributed by atoms with Crippen LogP contribution < -0.4 is 10.1 Å². The monoisotopic (exact) mass is 476 g/mol. The average molecular weight is 477 g/mol. The van der Waals surface area contributed by atoms with Crippen LogP contribution in [-0.2, 0) is 0 Å². The fourth-order valence-corrected chi connectivity index (χ4v) is 3.30. The van der Waals surface area contributed by atoms with Crippen molar-refractivity contribution in [1.82, 2.24) is 9.97 Å². The van der Waals surface area contributed by atoms with Crippen molar-refractivity contribution in [3.63, 3.8) is 0 Å². The lowest BCUT2D eigenvalue weighted by Crippen LogP contribution is -2.16. The molecule has 0 spiro atoms. The molecule has 0 saturated heterocycles. The second kappa shape index (κ2) is 9.65. The first-order chi connectivity index (χ1) is 16.3. The first-order valence-electron chi connectivity index (χ1n) is 9.90. The van der Waals surface area contributed by atoms with Gasteiger partial charge in [-0.25, -0.2) is 0 Å². The zero-order valence-corrected chi connectivity index (χ0v) is 18.1. The minimum Gasteiger partial charge on any atom is -0.420 e. The normalized spacial score (nSPS) is 10.9. The van der Waals surface area contributed by atoms with E-state index in [0.29, 0.717) is 22.5 Å². The van der Waals surface area contributed by atoms with Gasteiger partial charge in [0.05, 0.1) is 22.9 Å². The summed E-state index contributed by atoms with van der Waals surface area (Å²) in [6.45, 7) is 0. The summed E-state index contributed by atoms with van der Waals surface area (Å²) in [4.78, 5) is 21.5. The highest BCUT2D eigenvalue weighted by atomic mass is 35.5. The van der Waals surface area contributed by atoms with Crippen molar-refractivity contribution in [2.45, 2.75) is 5.57 Å². The van der Waals surface area contributed by atoms with Crippen molar-refractivity contribution in [2.75, 3.05) is 5.32 Å². The Kier molecular flexibility index (Phi) is 6.48. The summed E-state index contributed by atoms with van der Waals surface area (Å²) < 4.78 is 29.8. The van der Waals surface area contributed by atoms with Crippen LogP contribution in [0.2, 0.25) is 0 Å². The lowest BCUT2D eigenvalue weighted by atomic mass is 9.98. The molecule has 0 atom stereocenters. The Morgan fingerprint density at radius 2 is 1.76 bits per heavy atom. The van der Waals surface area contributed by atoms with E-state index in [1.165, 1.54) is 30.5 Å². The molecule has 9 heteroatoms. The Hall–Kier alpha value is -4.35. The number of anilines is 1. The SMILES string of the molecule is N#Cc1ccc(-c2ncc(C(=O)Nc3ccc(OC(F)(F)Cl)cc3)cc2-c2cccnc2)cc1. The molecule has 0 radical (unpaired) electrons. The summed E-state index contributed by atoms with van der Waals surface area (Å²) in [6, 6.07) is 19.7. The Bertz CT molecular complexity index is 1350. The molecule has 0 fully saturated rings. The second-order valence-electron chi connectivity index (χ2n) is 7.08. The van der Waals surface area contributed by atoms with Crippen LogP contribution in [0.3, 0.4) is 0 Å². The van der Waals surface area contributed by atoms with Crippen molar-refractivity contribution in [3.8, 4) is 34.2 Å². The highest BCUT2D eigenvalue weighted by Gasteiger charge is 2.27. The summed E-state index contributed by atoms with van der Waals surface area (Å²) in [5.41, 5.74) is 0.183. The van der Waals surface area contributed by atoms with Crippen molar-refractivity contribution in [3.05, 3.63) is 96.4 Å². The summed E-state index contributed by atoms with van der Waals surface area (Å²) in [7, 11) is 0. The number of nitrogens with zero attached hydrogens (tertiary/aromatic N) is 3. The third-order valence-electron chi connectivity index (χ3n) is 4.76. The van der Waals surface area contributed by atoms with E-state index in [-0.39, 0.29) is 11.3 Å². The molecule has 1 N–H and O–H groups in total. The molecule has 0 unspecified atom stereocenters. The fraction of sp³-hybridized carbons (Fsp3) is 0.0400. The number of nitrogens with one attached hydrogen (secondary N) is 1. The van der Waals surface area contributed by atoms with Crippen LogP contribution in [0.1, 0.15) is 15.9 Å². The van der Waals surface area contributed by atoms with E-state index in [4.69, 9.17) is 16.9 Å². The highest BCUT2D eigenvalue weighted by Crippen LogP contribution is 2.31. The summed E-state index contributed by atoms with van der Waals surface area (Å²) in [6.07, 6.45) is 4.74. The number of aromatic nitrogens is 2. The number of halogens is 3. The van der Waals surface area contributed by atoms with Crippen LogP contribution in [0.15, 0.2) is 85.3 Å². The van der Waals surface area contributed by atoms with E-state index < -0.39 is 11.5 Å². The zero-order chi connectivity index (χ0) is 24.1. The first-order valence-corrected chi connectivity index (χ1v) is 10.3. The van der Waals surface area contributed by atoms with E-state index >= 15 is 0 Å². The Labute approximate surface area is 198 Å². The van der Waals surface area contributed by atoms with Gasteiger partial charge in [0.25, 0.3) is 5.91 Å². The smallest absolute Gasteiger partial charge is 0.420 e. The number of carbonyl (C=O) groups is 1. The van der Waals surface area contributed by atoms with E-state index in [0.717, 1.165) is 11.1 Å².